The molecule has 8 heteroatoms. The Kier molecular flexibility index (Phi) is 9.63. The first-order valence-corrected chi connectivity index (χ1v) is 15.4. The Labute approximate surface area is 251 Å². The second kappa shape index (κ2) is 12.8. The smallest absolute Gasteiger partial charge is 0.411 e. The van der Waals surface area contributed by atoms with Crippen molar-refractivity contribution in [2.45, 2.75) is 129 Å². The summed E-state index contributed by atoms with van der Waals surface area (Å²) in [5.41, 5.74) is 1.56. The van der Waals surface area contributed by atoms with Gasteiger partial charge < -0.3 is 10.1 Å². The topological polar surface area (TPSA) is 91.8 Å². The summed E-state index contributed by atoms with van der Waals surface area (Å²) in [6.07, 6.45) is 9.11. The van der Waals surface area contributed by atoms with Crippen molar-refractivity contribution in [2.24, 2.45) is 0 Å². The summed E-state index contributed by atoms with van der Waals surface area (Å²) >= 11 is 0. The molecular weight excluding hydrogens is 528 g/mol. The monoisotopic (exact) mass is 576 g/mol. The van der Waals surface area contributed by atoms with Crippen LogP contribution in [0.2, 0.25) is 0 Å². The Hall–Kier alpha value is -3.42. The van der Waals surface area contributed by atoms with Gasteiger partial charge in [-0.15, -0.1) is 0 Å². The standard InChI is InChI=1S/C34H48N4O4/c1-23-15-20-28(37(23)32(41)42-34(5,6)7)31(40)38(27-18-16-25(17-19-27)33(2,3)4)29(24-12-11-21-35-22-24)30(39)36-26-13-9-8-10-14-26/h11-12,16-19,21-23,26,28-29H,8-10,13-15,20H2,1-7H3,(H,36,39)/t23-,28+,29?/m0/s1. The van der Waals surface area contributed by atoms with Gasteiger partial charge in [0.1, 0.15) is 17.7 Å². The predicted molar refractivity (Wildman–Crippen MR) is 165 cm³/mol. The van der Waals surface area contributed by atoms with Crippen molar-refractivity contribution in [3.05, 3.63) is 59.9 Å². The Balaban J connectivity index is 1.79. The predicted octanol–water partition coefficient (Wildman–Crippen LogP) is 6.69. The van der Waals surface area contributed by atoms with Crippen molar-refractivity contribution in [2.75, 3.05) is 4.90 Å². The third-order valence-electron chi connectivity index (χ3n) is 8.27. The maximum absolute atomic E-state index is 14.7. The van der Waals surface area contributed by atoms with Crippen molar-refractivity contribution in [1.29, 1.82) is 0 Å². The highest BCUT2D eigenvalue weighted by atomic mass is 16.6. The Morgan fingerprint density at radius 2 is 1.62 bits per heavy atom. The molecule has 1 aromatic carbocycles. The fourth-order valence-corrected chi connectivity index (χ4v) is 6.02. The molecule has 8 nitrogen and oxygen atoms in total. The molecule has 3 atom stereocenters. The van der Waals surface area contributed by atoms with Gasteiger partial charge in [-0.05, 0) is 82.6 Å². The van der Waals surface area contributed by atoms with E-state index in [-0.39, 0.29) is 29.3 Å². The quantitative estimate of drug-likeness (QED) is 0.414. The summed E-state index contributed by atoms with van der Waals surface area (Å²) in [5, 5.41) is 3.26. The van der Waals surface area contributed by atoms with E-state index < -0.39 is 23.8 Å². The number of carbonyl (C=O) groups excluding carboxylic acids is 3. The zero-order valence-corrected chi connectivity index (χ0v) is 26.4. The van der Waals surface area contributed by atoms with Gasteiger partial charge in [0.05, 0.1) is 0 Å². The molecule has 0 bridgehead atoms. The van der Waals surface area contributed by atoms with Crippen LogP contribution < -0.4 is 10.2 Å². The Bertz CT molecular complexity index is 1230. The van der Waals surface area contributed by atoms with E-state index in [1.54, 1.807) is 28.3 Å². The summed E-state index contributed by atoms with van der Waals surface area (Å²) in [5.74, 6) is -0.542. The highest BCUT2D eigenvalue weighted by Gasteiger charge is 2.45. The lowest BCUT2D eigenvalue weighted by molar-refractivity contribution is -0.129. The van der Waals surface area contributed by atoms with E-state index in [4.69, 9.17) is 4.74 Å². The number of benzene rings is 1. The van der Waals surface area contributed by atoms with Crippen LogP contribution in [0.3, 0.4) is 0 Å². The van der Waals surface area contributed by atoms with Gasteiger partial charge in [0.2, 0.25) is 5.91 Å². The van der Waals surface area contributed by atoms with Crippen LogP contribution in [0.5, 0.6) is 0 Å². The molecule has 1 N–H and O–H groups in total. The zero-order chi connectivity index (χ0) is 30.7. The SMILES string of the molecule is C[C@H]1CC[C@H](C(=O)N(c2ccc(C(C)(C)C)cc2)C(C(=O)NC2CCCCC2)c2cccnc2)N1C(=O)OC(C)(C)C. The van der Waals surface area contributed by atoms with Crippen LogP contribution in [0.1, 0.15) is 111 Å². The molecular formula is C34H48N4O4. The molecule has 0 radical (unpaired) electrons. The van der Waals surface area contributed by atoms with E-state index in [1.807, 2.05) is 58.0 Å². The molecule has 1 aromatic heterocycles. The van der Waals surface area contributed by atoms with Crippen LogP contribution in [0.4, 0.5) is 10.5 Å². The van der Waals surface area contributed by atoms with Gasteiger partial charge in [-0.2, -0.15) is 0 Å². The number of hydrogen-bond acceptors (Lipinski definition) is 5. The third-order valence-corrected chi connectivity index (χ3v) is 8.27. The Morgan fingerprint density at radius 3 is 2.19 bits per heavy atom. The number of likely N-dealkylation sites (tertiary alicyclic amines) is 1. The molecule has 0 spiro atoms. The van der Waals surface area contributed by atoms with Gasteiger partial charge in [-0.1, -0.05) is 58.2 Å². The number of pyridine rings is 1. The van der Waals surface area contributed by atoms with Gasteiger partial charge in [0.25, 0.3) is 5.91 Å². The summed E-state index contributed by atoms with van der Waals surface area (Å²) in [6, 6.07) is 9.64. The fraction of sp³-hybridized carbons (Fsp3) is 0.588. The van der Waals surface area contributed by atoms with Crippen LogP contribution in [0.15, 0.2) is 48.8 Å². The molecule has 1 saturated carbocycles. The number of ether oxygens (including phenoxy) is 1. The Morgan fingerprint density at radius 1 is 0.952 bits per heavy atom. The van der Waals surface area contributed by atoms with E-state index in [9.17, 15) is 14.4 Å². The number of carbonyl (C=O) groups is 3. The molecule has 2 heterocycles. The molecule has 42 heavy (non-hydrogen) atoms. The summed E-state index contributed by atoms with van der Waals surface area (Å²) in [6.45, 7) is 13.8. The van der Waals surface area contributed by atoms with E-state index in [1.165, 1.54) is 6.42 Å². The average molecular weight is 577 g/mol. The number of rotatable bonds is 6. The van der Waals surface area contributed by atoms with Crippen LogP contribution in [0.25, 0.3) is 0 Å². The van der Waals surface area contributed by atoms with Crippen molar-refractivity contribution in [3.63, 3.8) is 0 Å². The second-order valence-electron chi connectivity index (χ2n) is 13.9. The highest BCUT2D eigenvalue weighted by molar-refractivity contribution is 6.04. The van der Waals surface area contributed by atoms with E-state index in [0.717, 1.165) is 31.2 Å². The van der Waals surface area contributed by atoms with E-state index in [0.29, 0.717) is 24.1 Å². The van der Waals surface area contributed by atoms with E-state index in [2.05, 4.69) is 31.1 Å². The highest BCUT2D eigenvalue weighted by Crippen LogP contribution is 2.35. The molecule has 3 amide bonds. The van der Waals surface area contributed by atoms with Crippen molar-refractivity contribution in [3.8, 4) is 0 Å². The summed E-state index contributed by atoms with van der Waals surface area (Å²) < 4.78 is 5.73. The molecule has 1 aliphatic heterocycles. The number of amides is 3. The maximum atomic E-state index is 14.7. The molecule has 2 aliphatic rings. The number of nitrogens with one attached hydrogen (secondary N) is 1. The normalized spacial score (nSPS) is 20.6. The first-order valence-electron chi connectivity index (χ1n) is 15.4. The molecule has 1 unspecified atom stereocenters. The number of aromatic nitrogens is 1. The van der Waals surface area contributed by atoms with Crippen molar-refractivity contribution < 1.29 is 19.1 Å². The number of hydrogen-bond donors (Lipinski definition) is 1. The first-order chi connectivity index (χ1) is 19.8. The lowest BCUT2D eigenvalue weighted by atomic mass is 9.87. The zero-order valence-electron chi connectivity index (χ0n) is 26.4. The molecule has 2 fully saturated rings. The number of nitrogens with zero attached hydrogens (tertiary/aromatic N) is 3. The fourth-order valence-electron chi connectivity index (χ4n) is 6.02. The van der Waals surface area contributed by atoms with E-state index >= 15 is 0 Å². The average Bonchev–Trinajstić information content (AvgIpc) is 3.32. The van der Waals surface area contributed by atoms with Gasteiger partial charge in [-0.25, -0.2) is 4.79 Å². The largest absolute Gasteiger partial charge is 0.444 e. The van der Waals surface area contributed by atoms with Crippen molar-refractivity contribution >= 4 is 23.6 Å². The van der Waals surface area contributed by atoms with Crippen LogP contribution in [0, 0.1) is 0 Å². The van der Waals surface area contributed by atoms with Gasteiger partial charge in [-0.3, -0.25) is 24.4 Å². The molecule has 4 rings (SSSR count). The minimum absolute atomic E-state index is 0.0652. The minimum atomic E-state index is -0.954. The van der Waals surface area contributed by atoms with Crippen LogP contribution >= 0.6 is 0 Å². The van der Waals surface area contributed by atoms with Gasteiger partial charge in [0.15, 0.2) is 0 Å². The minimum Gasteiger partial charge on any atom is -0.444 e. The third kappa shape index (κ3) is 7.50. The first kappa shape index (κ1) is 31.5. The number of anilines is 1. The summed E-state index contributed by atoms with van der Waals surface area (Å²) in [7, 11) is 0. The van der Waals surface area contributed by atoms with Crippen LogP contribution in [-0.4, -0.2) is 51.5 Å². The van der Waals surface area contributed by atoms with Gasteiger partial charge >= 0.3 is 6.09 Å². The lowest BCUT2D eigenvalue weighted by Crippen LogP contribution is -2.54. The van der Waals surface area contributed by atoms with Crippen LogP contribution in [-0.2, 0) is 19.7 Å². The molecule has 228 valence electrons. The molecule has 1 aliphatic carbocycles. The van der Waals surface area contributed by atoms with Gasteiger partial charge in [0, 0.05) is 35.7 Å². The molecule has 2 aromatic rings. The second-order valence-corrected chi connectivity index (χ2v) is 13.9. The summed E-state index contributed by atoms with van der Waals surface area (Å²) in [4.78, 5) is 49.8. The lowest BCUT2D eigenvalue weighted by Gasteiger charge is -2.37. The maximum Gasteiger partial charge on any atom is 0.411 e. The van der Waals surface area contributed by atoms with Crippen molar-refractivity contribution in [1.82, 2.24) is 15.2 Å². The molecule has 1 saturated heterocycles.